The van der Waals surface area contributed by atoms with Gasteiger partial charge in [-0.05, 0) is 49.9 Å². The van der Waals surface area contributed by atoms with Crippen LogP contribution in [0.5, 0.6) is 5.75 Å². The summed E-state index contributed by atoms with van der Waals surface area (Å²) >= 11 is 1.48. The number of carbonyl (C=O) groups excluding carboxylic acids is 1. The second kappa shape index (κ2) is 8.64. The van der Waals surface area contributed by atoms with E-state index in [9.17, 15) is 4.79 Å². The summed E-state index contributed by atoms with van der Waals surface area (Å²) in [5.41, 5.74) is 1.89. The highest BCUT2D eigenvalue weighted by molar-refractivity contribution is 7.16. The third-order valence-electron chi connectivity index (χ3n) is 4.87. The van der Waals surface area contributed by atoms with Crippen LogP contribution in [0.25, 0.3) is 11.3 Å². The van der Waals surface area contributed by atoms with Gasteiger partial charge >= 0.3 is 0 Å². The third kappa shape index (κ3) is 4.62. The van der Waals surface area contributed by atoms with Crippen LogP contribution < -0.4 is 10.1 Å². The minimum Gasteiger partial charge on any atom is -0.497 e. The lowest BCUT2D eigenvalue weighted by Gasteiger charge is -2.28. The zero-order valence-corrected chi connectivity index (χ0v) is 16.4. The molecule has 26 heavy (non-hydrogen) atoms. The maximum atomic E-state index is 12.2. The Labute approximate surface area is 158 Å². The number of benzene rings is 1. The van der Waals surface area contributed by atoms with Gasteiger partial charge in [-0.2, -0.15) is 0 Å². The Kier molecular flexibility index (Phi) is 6.27. The number of anilines is 1. The van der Waals surface area contributed by atoms with Crippen molar-refractivity contribution < 1.29 is 14.3 Å². The highest BCUT2D eigenvalue weighted by atomic mass is 32.1. The van der Waals surface area contributed by atoms with Crippen molar-refractivity contribution in [3.63, 3.8) is 0 Å². The molecule has 1 aromatic heterocycles. The normalized spacial score (nSPS) is 20.0. The Morgan fingerprint density at radius 2 is 2.00 bits per heavy atom. The van der Waals surface area contributed by atoms with Crippen LogP contribution >= 0.6 is 11.3 Å². The fraction of sp³-hybridized carbons (Fsp3) is 0.500. The first-order valence-corrected chi connectivity index (χ1v) is 9.91. The van der Waals surface area contributed by atoms with Gasteiger partial charge in [-0.25, -0.2) is 4.98 Å². The zero-order chi connectivity index (χ0) is 18.5. The van der Waals surface area contributed by atoms with E-state index in [0.717, 1.165) is 28.3 Å². The lowest BCUT2D eigenvalue weighted by atomic mass is 9.88. The van der Waals surface area contributed by atoms with Gasteiger partial charge in [0.05, 0.1) is 18.9 Å². The minimum atomic E-state index is -0.141. The number of nitrogens with one attached hydrogen (secondary N) is 1. The lowest BCUT2D eigenvalue weighted by Crippen LogP contribution is -2.29. The van der Waals surface area contributed by atoms with Gasteiger partial charge in [-0.3, -0.25) is 10.1 Å². The standard InChI is InChI=1S/C20H26N2O3S/c1-13-6-4-5-7-17(13)25-12-18(23)21-20-22-19(14(2)26-20)15-8-10-16(24-3)11-9-15/h8-11,13,17H,4-7,12H2,1-3H3,(H,21,22,23). The quantitative estimate of drug-likeness (QED) is 0.799. The molecule has 0 bridgehead atoms. The number of methoxy groups -OCH3 is 1. The number of ether oxygens (including phenoxy) is 2. The topological polar surface area (TPSA) is 60.5 Å². The molecule has 3 rings (SSSR count). The van der Waals surface area contributed by atoms with Crippen LogP contribution in [0.4, 0.5) is 5.13 Å². The lowest BCUT2D eigenvalue weighted by molar-refractivity contribution is -0.124. The van der Waals surface area contributed by atoms with Gasteiger partial charge in [-0.1, -0.05) is 19.8 Å². The third-order valence-corrected chi connectivity index (χ3v) is 5.75. The largest absolute Gasteiger partial charge is 0.497 e. The number of nitrogens with zero attached hydrogens (tertiary/aromatic N) is 1. The van der Waals surface area contributed by atoms with Crippen molar-refractivity contribution in [2.24, 2.45) is 5.92 Å². The summed E-state index contributed by atoms with van der Waals surface area (Å²) < 4.78 is 11.0. The Balaban J connectivity index is 1.58. The van der Waals surface area contributed by atoms with Crippen LogP contribution in [0.3, 0.4) is 0 Å². The fourth-order valence-electron chi connectivity index (χ4n) is 3.33. The van der Waals surface area contributed by atoms with E-state index in [2.05, 4.69) is 17.2 Å². The molecule has 2 aromatic rings. The summed E-state index contributed by atoms with van der Waals surface area (Å²) in [6.07, 6.45) is 4.88. The first-order chi connectivity index (χ1) is 12.6. The van der Waals surface area contributed by atoms with E-state index in [4.69, 9.17) is 9.47 Å². The molecule has 0 aliphatic heterocycles. The molecule has 1 aromatic carbocycles. The van der Waals surface area contributed by atoms with E-state index < -0.39 is 0 Å². The number of aromatic nitrogens is 1. The van der Waals surface area contributed by atoms with Crippen LogP contribution in [0, 0.1) is 12.8 Å². The zero-order valence-electron chi connectivity index (χ0n) is 15.6. The maximum absolute atomic E-state index is 12.2. The molecule has 1 heterocycles. The second-order valence-electron chi connectivity index (χ2n) is 6.81. The maximum Gasteiger partial charge on any atom is 0.252 e. The Morgan fingerprint density at radius 3 is 2.69 bits per heavy atom. The van der Waals surface area contributed by atoms with Gasteiger partial charge < -0.3 is 9.47 Å². The molecule has 1 amide bonds. The number of aryl methyl sites for hydroxylation is 1. The summed E-state index contributed by atoms with van der Waals surface area (Å²) in [7, 11) is 1.65. The van der Waals surface area contributed by atoms with Crippen molar-refractivity contribution in [1.29, 1.82) is 0 Å². The van der Waals surface area contributed by atoms with Crippen molar-refractivity contribution in [2.45, 2.75) is 45.6 Å². The van der Waals surface area contributed by atoms with Crippen LogP contribution in [-0.2, 0) is 9.53 Å². The predicted molar refractivity (Wildman–Crippen MR) is 105 cm³/mol. The summed E-state index contributed by atoms with van der Waals surface area (Å²) in [5.74, 6) is 1.20. The van der Waals surface area contributed by atoms with Gasteiger partial charge in [0.2, 0.25) is 0 Å². The van der Waals surface area contributed by atoms with Crippen molar-refractivity contribution in [3.05, 3.63) is 29.1 Å². The molecular formula is C20H26N2O3S. The highest BCUT2D eigenvalue weighted by Crippen LogP contribution is 2.31. The van der Waals surface area contributed by atoms with E-state index in [1.807, 2.05) is 31.2 Å². The monoisotopic (exact) mass is 374 g/mol. The summed E-state index contributed by atoms with van der Waals surface area (Å²) in [5, 5.41) is 3.48. The Bertz CT molecular complexity index is 742. The van der Waals surface area contributed by atoms with E-state index in [1.54, 1.807) is 7.11 Å². The molecule has 2 unspecified atom stereocenters. The average Bonchev–Trinajstić information content (AvgIpc) is 3.01. The predicted octanol–water partition coefficient (Wildman–Crippen LogP) is 4.66. The van der Waals surface area contributed by atoms with Crippen molar-refractivity contribution in [2.75, 3.05) is 19.0 Å². The van der Waals surface area contributed by atoms with Crippen molar-refractivity contribution in [3.8, 4) is 17.0 Å². The molecule has 2 atom stereocenters. The minimum absolute atomic E-state index is 0.0888. The Morgan fingerprint density at radius 1 is 1.27 bits per heavy atom. The molecule has 140 valence electrons. The molecule has 0 radical (unpaired) electrons. The molecule has 5 nitrogen and oxygen atoms in total. The first kappa shape index (κ1) is 18.9. The van der Waals surface area contributed by atoms with E-state index in [1.165, 1.54) is 30.6 Å². The summed E-state index contributed by atoms with van der Waals surface area (Å²) in [6.45, 7) is 4.30. The van der Waals surface area contributed by atoms with Crippen LogP contribution in [0.15, 0.2) is 24.3 Å². The fourth-order valence-corrected chi connectivity index (χ4v) is 4.19. The number of amides is 1. The molecule has 1 aliphatic carbocycles. The smallest absolute Gasteiger partial charge is 0.252 e. The molecule has 0 saturated heterocycles. The van der Waals surface area contributed by atoms with E-state index in [-0.39, 0.29) is 18.6 Å². The number of hydrogen-bond acceptors (Lipinski definition) is 5. The van der Waals surface area contributed by atoms with Crippen molar-refractivity contribution in [1.82, 2.24) is 4.98 Å². The molecule has 0 spiro atoms. The van der Waals surface area contributed by atoms with Crippen molar-refractivity contribution >= 4 is 22.4 Å². The van der Waals surface area contributed by atoms with E-state index in [0.29, 0.717) is 11.0 Å². The average molecular weight is 375 g/mol. The Hall–Kier alpha value is -1.92. The van der Waals surface area contributed by atoms with Crippen LogP contribution in [-0.4, -0.2) is 30.7 Å². The summed E-state index contributed by atoms with van der Waals surface area (Å²) in [6, 6.07) is 7.76. The molecule has 6 heteroatoms. The molecule has 1 aliphatic rings. The van der Waals surface area contributed by atoms with Gasteiger partial charge in [0.15, 0.2) is 5.13 Å². The van der Waals surface area contributed by atoms with Gasteiger partial charge in [0, 0.05) is 10.4 Å². The summed E-state index contributed by atoms with van der Waals surface area (Å²) in [4.78, 5) is 17.9. The number of rotatable bonds is 6. The highest BCUT2D eigenvalue weighted by Gasteiger charge is 2.23. The number of hydrogen-bond donors (Lipinski definition) is 1. The number of thiazole rings is 1. The molecule has 1 N–H and O–H groups in total. The van der Waals surface area contributed by atoms with Crippen LogP contribution in [0.2, 0.25) is 0 Å². The van der Waals surface area contributed by atoms with Crippen LogP contribution in [0.1, 0.15) is 37.5 Å². The number of carbonyl (C=O) groups is 1. The van der Waals surface area contributed by atoms with E-state index >= 15 is 0 Å². The molecule has 1 fully saturated rings. The first-order valence-electron chi connectivity index (χ1n) is 9.10. The van der Waals surface area contributed by atoms with Gasteiger partial charge in [0.25, 0.3) is 5.91 Å². The van der Waals surface area contributed by atoms with Gasteiger partial charge in [0.1, 0.15) is 12.4 Å². The second-order valence-corrected chi connectivity index (χ2v) is 8.01. The SMILES string of the molecule is COc1ccc(-c2nc(NC(=O)COC3CCCCC3C)sc2C)cc1. The molecular weight excluding hydrogens is 348 g/mol. The molecule has 1 saturated carbocycles. The van der Waals surface area contributed by atoms with Gasteiger partial charge in [-0.15, -0.1) is 11.3 Å².